The molecule has 0 N–H and O–H groups in total. The highest BCUT2D eigenvalue weighted by molar-refractivity contribution is 6.09. The highest BCUT2D eigenvalue weighted by Crippen LogP contribution is 2.27. The van der Waals surface area contributed by atoms with Gasteiger partial charge < -0.3 is 9.47 Å². The van der Waals surface area contributed by atoms with E-state index in [9.17, 15) is 19.2 Å². The fourth-order valence-corrected chi connectivity index (χ4v) is 2.33. The van der Waals surface area contributed by atoms with E-state index in [1.54, 1.807) is 0 Å². The molecule has 2 heterocycles. The molecule has 2 aliphatic rings. The molecule has 2 rings (SSSR count). The first-order chi connectivity index (χ1) is 9.51. The van der Waals surface area contributed by atoms with Crippen molar-refractivity contribution in [1.29, 1.82) is 0 Å². The lowest BCUT2D eigenvalue weighted by Crippen LogP contribution is -2.11. The van der Waals surface area contributed by atoms with Crippen LogP contribution < -0.4 is 0 Å². The summed E-state index contributed by atoms with van der Waals surface area (Å²) in [5.41, 5.74) is 0.737. The summed E-state index contributed by atoms with van der Waals surface area (Å²) < 4.78 is 8.85. The van der Waals surface area contributed by atoms with Gasteiger partial charge in [0.15, 0.2) is 0 Å². The maximum atomic E-state index is 11.5. The van der Waals surface area contributed by atoms with Crippen LogP contribution in [0.3, 0.4) is 0 Å². The van der Waals surface area contributed by atoms with E-state index in [-0.39, 0.29) is 5.92 Å². The Morgan fingerprint density at radius 1 is 1.00 bits per heavy atom. The zero-order valence-corrected chi connectivity index (χ0v) is 11.0. The molecule has 0 bridgehead atoms. The molecule has 2 aliphatic heterocycles. The molecule has 6 heteroatoms. The van der Waals surface area contributed by atoms with E-state index in [2.05, 4.69) is 9.47 Å². The van der Waals surface area contributed by atoms with Crippen LogP contribution >= 0.6 is 0 Å². The van der Waals surface area contributed by atoms with Crippen molar-refractivity contribution in [3.05, 3.63) is 23.3 Å². The van der Waals surface area contributed by atoms with Gasteiger partial charge in [-0.1, -0.05) is 6.92 Å². The van der Waals surface area contributed by atoms with E-state index >= 15 is 0 Å². The van der Waals surface area contributed by atoms with Crippen LogP contribution in [0.1, 0.15) is 32.6 Å². The van der Waals surface area contributed by atoms with Crippen molar-refractivity contribution in [1.82, 2.24) is 0 Å². The highest BCUT2D eigenvalue weighted by atomic mass is 16.6. The predicted molar refractivity (Wildman–Crippen MR) is 66.0 cm³/mol. The van der Waals surface area contributed by atoms with E-state index in [4.69, 9.17) is 0 Å². The number of cyclic esters (lactones) is 4. The number of hydrogen-bond donors (Lipinski definition) is 0. The summed E-state index contributed by atoms with van der Waals surface area (Å²) in [6.45, 7) is 1.91. The number of ether oxygens (including phenoxy) is 2. The van der Waals surface area contributed by atoms with Crippen LogP contribution in [0, 0.1) is 5.92 Å². The summed E-state index contributed by atoms with van der Waals surface area (Å²) in [6.07, 6.45) is 4.77. The van der Waals surface area contributed by atoms with Gasteiger partial charge in [-0.2, -0.15) is 0 Å². The molecular weight excluding hydrogens is 264 g/mol. The van der Waals surface area contributed by atoms with Crippen molar-refractivity contribution in [3.63, 3.8) is 0 Å². The second-order valence-electron chi connectivity index (χ2n) is 4.68. The molecule has 0 fully saturated rings. The van der Waals surface area contributed by atoms with Crippen molar-refractivity contribution in [3.8, 4) is 0 Å². The molecule has 0 radical (unpaired) electrons. The van der Waals surface area contributed by atoms with Crippen LogP contribution in [0.25, 0.3) is 0 Å². The normalized spacial score (nSPS) is 19.6. The van der Waals surface area contributed by atoms with Crippen molar-refractivity contribution in [2.75, 3.05) is 0 Å². The van der Waals surface area contributed by atoms with Gasteiger partial charge >= 0.3 is 23.9 Å². The Hall–Kier alpha value is -2.24. The molecule has 106 valence electrons. The lowest BCUT2D eigenvalue weighted by atomic mass is 9.90. The Kier molecular flexibility index (Phi) is 4.12. The molecule has 0 spiro atoms. The maximum absolute atomic E-state index is 11.5. The fourth-order valence-electron chi connectivity index (χ4n) is 2.33. The number of carbonyl (C=O) groups excluding carboxylic acids is 4. The number of esters is 4. The molecule has 0 aliphatic carbocycles. The molecule has 20 heavy (non-hydrogen) atoms. The van der Waals surface area contributed by atoms with Gasteiger partial charge in [-0.15, -0.1) is 0 Å². The average Bonchev–Trinajstić information content (AvgIpc) is 2.87. The zero-order chi connectivity index (χ0) is 14.7. The molecule has 0 aromatic rings. The fraction of sp³-hybridized carbons (Fsp3) is 0.429. The lowest BCUT2D eigenvalue weighted by molar-refractivity contribution is -0.152. The van der Waals surface area contributed by atoms with Crippen molar-refractivity contribution < 1.29 is 28.7 Å². The first kappa shape index (κ1) is 14.2. The van der Waals surface area contributed by atoms with Crippen LogP contribution in [0.2, 0.25) is 0 Å². The summed E-state index contributed by atoms with van der Waals surface area (Å²) in [5, 5.41) is 0. The topological polar surface area (TPSA) is 86.7 Å². The minimum Gasteiger partial charge on any atom is -0.386 e. The molecular formula is C14H14O6. The summed E-state index contributed by atoms with van der Waals surface area (Å²) in [4.78, 5) is 44.6. The van der Waals surface area contributed by atoms with Crippen molar-refractivity contribution in [2.45, 2.75) is 32.6 Å². The monoisotopic (exact) mass is 278 g/mol. The first-order valence-electron chi connectivity index (χ1n) is 6.45. The smallest absolute Gasteiger partial charge is 0.342 e. The van der Waals surface area contributed by atoms with Gasteiger partial charge in [-0.05, 0) is 31.6 Å². The number of carbonyl (C=O) groups is 4. The van der Waals surface area contributed by atoms with E-state index in [0.29, 0.717) is 36.8 Å². The molecule has 6 nitrogen and oxygen atoms in total. The van der Waals surface area contributed by atoms with Crippen LogP contribution in [0.5, 0.6) is 0 Å². The maximum Gasteiger partial charge on any atom is 0.342 e. The van der Waals surface area contributed by atoms with Crippen LogP contribution in [0.15, 0.2) is 23.3 Å². The van der Waals surface area contributed by atoms with Crippen molar-refractivity contribution >= 4 is 23.9 Å². The SMILES string of the molecule is CCC(CCCC1=CC(=O)OC1=O)C1=CC(=O)OC1=O. The Bertz CT molecular complexity index is 540. The Labute approximate surface area is 115 Å². The van der Waals surface area contributed by atoms with Crippen LogP contribution in [-0.2, 0) is 28.7 Å². The van der Waals surface area contributed by atoms with Crippen LogP contribution in [0.4, 0.5) is 0 Å². The number of hydrogen-bond acceptors (Lipinski definition) is 6. The Morgan fingerprint density at radius 3 is 2.15 bits per heavy atom. The van der Waals surface area contributed by atoms with E-state index in [0.717, 1.165) is 0 Å². The van der Waals surface area contributed by atoms with E-state index < -0.39 is 23.9 Å². The minimum atomic E-state index is -0.635. The molecule has 0 saturated carbocycles. The summed E-state index contributed by atoms with van der Waals surface area (Å²) in [6, 6.07) is 0. The summed E-state index contributed by atoms with van der Waals surface area (Å²) in [5.74, 6) is -2.53. The van der Waals surface area contributed by atoms with Crippen LogP contribution in [-0.4, -0.2) is 23.9 Å². The Morgan fingerprint density at radius 2 is 1.65 bits per heavy atom. The molecule has 0 amide bonds. The van der Waals surface area contributed by atoms with Gasteiger partial charge in [-0.25, -0.2) is 19.2 Å². The third kappa shape index (κ3) is 3.01. The van der Waals surface area contributed by atoms with E-state index in [1.807, 2.05) is 6.92 Å². The Balaban J connectivity index is 1.89. The third-order valence-electron chi connectivity index (χ3n) is 3.38. The minimum absolute atomic E-state index is 0.0809. The second kappa shape index (κ2) is 5.81. The van der Waals surface area contributed by atoms with Gasteiger partial charge in [0.2, 0.25) is 0 Å². The molecule has 0 aromatic heterocycles. The molecule has 0 aromatic carbocycles. The molecule has 1 atom stereocenters. The second-order valence-corrected chi connectivity index (χ2v) is 4.68. The lowest BCUT2D eigenvalue weighted by Gasteiger charge is -2.13. The number of rotatable bonds is 6. The average molecular weight is 278 g/mol. The first-order valence-corrected chi connectivity index (χ1v) is 6.45. The zero-order valence-electron chi connectivity index (χ0n) is 11.0. The quantitative estimate of drug-likeness (QED) is 0.536. The van der Waals surface area contributed by atoms with Crippen molar-refractivity contribution in [2.24, 2.45) is 5.92 Å². The van der Waals surface area contributed by atoms with Gasteiger partial charge in [0.25, 0.3) is 0 Å². The van der Waals surface area contributed by atoms with Gasteiger partial charge in [0.05, 0.1) is 0 Å². The molecule has 1 unspecified atom stereocenters. The summed E-state index contributed by atoms with van der Waals surface area (Å²) >= 11 is 0. The standard InChI is InChI=1S/C14H14O6/c1-2-8(10-7-12(16)20-14(10)18)4-3-5-9-6-11(15)19-13(9)17/h6-8H,2-5H2,1H3. The highest BCUT2D eigenvalue weighted by Gasteiger charge is 2.29. The summed E-state index contributed by atoms with van der Waals surface area (Å²) in [7, 11) is 0. The third-order valence-corrected chi connectivity index (χ3v) is 3.38. The van der Waals surface area contributed by atoms with E-state index in [1.165, 1.54) is 12.2 Å². The molecule has 0 saturated heterocycles. The van der Waals surface area contributed by atoms with Gasteiger partial charge in [0, 0.05) is 23.3 Å². The predicted octanol–water partition coefficient (Wildman–Crippen LogP) is 1.20. The van der Waals surface area contributed by atoms with Gasteiger partial charge in [-0.3, -0.25) is 0 Å². The largest absolute Gasteiger partial charge is 0.386 e. The van der Waals surface area contributed by atoms with Gasteiger partial charge in [0.1, 0.15) is 0 Å².